The van der Waals surface area contributed by atoms with Gasteiger partial charge in [-0.1, -0.05) is 32.4 Å². The fourth-order valence-corrected chi connectivity index (χ4v) is 3.38. The minimum Gasteiger partial charge on any atom is -0.493 e. The smallest absolute Gasteiger partial charge is 0.191 e. The first-order chi connectivity index (χ1) is 13.0. The number of hydrogen-bond acceptors (Lipinski definition) is 3. The van der Waals surface area contributed by atoms with Crippen molar-refractivity contribution in [1.82, 2.24) is 10.6 Å². The van der Waals surface area contributed by atoms with Gasteiger partial charge in [-0.15, -0.1) is 24.0 Å². The number of aliphatic imine (C=N–C) groups is 1. The van der Waals surface area contributed by atoms with Crippen LogP contribution in [0.1, 0.15) is 58.1 Å². The van der Waals surface area contributed by atoms with Crippen LogP contribution in [0, 0.1) is 11.3 Å². The van der Waals surface area contributed by atoms with Gasteiger partial charge in [0.05, 0.1) is 12.6 Å². The third kappa shape index (κ3) is 7.78. The van der Waals surface area contributed by atoms with Crippen LogP contribution in [0.25, 0.3) is 0 Å². The zero-order valence-corrected chi connectivity index (χ0v) is 20.4. The Morgan fingerprint density at radius 2 is 1.86 bits per heavy atom. The Morgan fingerprint density at radius 1 is 1.18 bits per heavy atom. The van der Waals surface area contributed by atoms with Crippen LogP contribution in [-0.2, 0) is 4.74 Å². The van der Waals surface area contributed by atoms with Gasteiger partial charge in [-0.2, -0.15) is 0 Å². The summed E-state index contributed by atoms with van der Waals surface area (Å²) in [5.41, 5.74) is 1.58. The van der Waals surface area contributed by atoms with E-state index in [1.54, 1.807) is 7.11 Å². The summed E-state index contributed by atoms with van der Waals surface area (Å²) >= 11 is 0. The number of halogens is 1. The van der Waals surface area contributed by atoms with E-state index in [4.69, 9.17) is 9.47 Å². The Kier molecular flexibility index (Phi) is 11.2. The van der Waals surface area contributed by atoms with Crippen molar-refractivity contribution in [3.63, 3.8) is 0 Å². The van der Waals surface area contributed by atoms with E-state index in [9.17, 15) is 0 Å². The van der Waals surface area contributed by atoms with E-state index in [0.717, 1.165) is 37.9 Å². The molecule has 0 amide bonds. The highest BCUT2D eigenvalue weighted by atomic mass is 127. The van der Waals surface area contributed by atoms with Crippen molar-refractivity contribution in [1.29, 1.82) is 0 Å². The predicted molar refractivity (Wildman–Crippen MR) is 128 cm³/mol. The van der Waals surface area contributed by atoms with Crippen LogP contribution >= 0.6 is 24.0 Å². The normalized spacial score (nSPS) is 16.7. The average Bonchev–Trinajstić information content (AvgIpc) is 2.64. The molecule has 6 heteroatoms. The largest absolute Gasteiger partial charge is 0.493 e. The molecule has 0 aliphatic heterocycles. The Morgan fingerprint density at radius 3 is 2.36 bits per heavy atom. The fraction of sp³-hybridized carbons (Fsp3) is 0.682. The zero-order valence-electron chi connectivity index (χ0n) is 18.1. The summed E-state index contributed by atoms with van der Waals surface area (Å²) in [4.78, 5) is 4.40. The van der Waals surface area contributed by atoms with Crippen molar-refractivity contribution >= 4 is 29.9 Å². The monoisotopic (exact) mass is 503 g/mol. The quantitative estimate of drug-likeness (QED) is 0.274. The maximum atomic E-state index is 5.76. The first-order valence-electron chi connectivity index (χ1n) is 10.2. The van der Waals surface area contributed by atoms with E-state index in [1.165, 1.54) is 24.8 Å². The minimum atomic E-state index is 0. The van der Waals surface area contributed by atoms with Crippen LogP contribution in [0.2, 0.25) is 0 Å². The number of methoxy groups -OCH3 is 1. The summed E-state index contributed by atoms with van der Waals surface area (Å²) < 4.78 is 11.0. The van der Waals surface area contributed by atoms with Crippen molar-refractivity contribution in [3.8, 4) is 5.75 Å². The van der Waals surface area contributed by atoms with E-state index in [-0.39, 0.29) is 30.0 Å². The van der Waals surface area contributed by atoms with Gasteiger partial charge in [-0.05, 0) is 55.2 Å². The predicted octanol–water partition coefficient (Wildman–Crippen LogP) is 4.77. The lowest BCUT2D eigenvalue weighted by Crippen LogP contribution is -2.47. The minimum absolute atomic E-state index is 0. The molecule has 1 unspecified atom stereocenters. The molecule has 1 aromatic rings. The van der Waals surface area contributed by atoms with E-state index >= 15 is 0 Å². The molecule has 0 heterocycles. The number of nitrogens with zero attached hydrogens (tertiary/aromatic N) is 1. The van der Waals surface area contributed by atoms with Gasteiger partial charge in [0.15, 0.2) is 5.96 Å². The highest BCUT2D eigenvalue weighted by molar-refractivity contribution is 14.0. The Balaban J connectivity index is 0.00000392. The molecule has 1 saturated carbocycles. The van der Waals surface area contributed by atoms with Crippen LogP contribution in [0.3, 0.4) is 0 Å². The molecule has 0 bridgehead atoms. The SMILES string of the molecule is CN=C(NCC1(CCOC)CCC1)NC(C)c1ccc(OCC(C)C)cc1.I. The third-order valence-corrected chi connectivity index (χ3v) is 5.42. The van der Waals surface area contributed by atoms with Gasteiger partial charge >= 0.3 is 0 Å². The van der Waals surface area contributed by atoms with Gasteiger partial charge in [0.2, 0.25) is 0 Å². The van der Waals surface area contributed by atoms with E-state index in [0.29, 0.717) is 11.3 Å². The van der Waals surface area contributed by atoms with E-state index < -0.39 is 0 Å². The topological polar surface area (TPSA) is 54.9 Å². The zero-order chi connectivity index (χ0) is 19.7. The molecule has 1 aliphatic rings. The average molecular weight is 503 g/mol. The van der Waals surface area contributed by atoms with Crippen molar-refractivity contribution in [3.05, 3.63) is 29.8 Å². The molecule has 0 aromatic heterocycles. The Hall–Kier alpha value is -1.02. The highest BCUT2D eigenvalue weighted by Crippen LogP contribution is 2.43. The van der Waals surface area contributed by atoms with Crippen molar-refractivity contribution < 1.29 is 9.47 Å². The standard InChI is InChI=1S/C22H37N3O2.HI/c1-17(2)15-27-20-9-7-19(8-10-20)18(3)25-21(23-4)24-16-22(11-6-12-22)13-14-26-5;/h7-10,17-18H,6,11-16H2,1-5H3,(H2,23,24,25);1H. The van der Waals surface area contributed by atoms with Crippen molar-refractivity contribution in [2.45, 2.75) is 52.5 Å². The first kappa shape index (κ1) is 25.0. The van der Waals surface area contributed by atoms with Crippen LogP contribution in [0.5, 0.6) is 5.75 Å². The molecule has 28 heavy (non-hydrogen) atoms. The van der Waals surface area contributed by atoms with Crippen LogP contribution in [0.15, 0.2) is 29.3 Å². The maximum Gasteiger partial charge on any atom is 0.191 e. The van der Waals surface area contributed by atoms with Gasteiger partial charge in [0.25, 0.3) is 0 Å². The second-order valence-electron chi connectivity index (χ2n) is 8.16. The molecule has 0 saturated heterocycles. The molecule has 0 spiro atoms. The fourth-order valence-electron chi connectivity index (χ4n) is 3.38. The Bertz CT molecular complexity index is 586. The van der Waals surface area contributed by atoms with E-state index in [1.807, 2.05) is 19.2 Å². The summed E-state index contributed by atoms with van der Waals surface area (Å²) in [6.07, 6.45) is 4.97. The van der Waals surface area contributed by atoms with Crippen LogP contribution in [-0.4, -0.2) is 39.9 Å². The molecular weight excluding hydrogens is 465 g/mol. The number of benzene rings is 1. The van der Waals surface area contributed by atoms with Gasteiger partial charge in [-0.3, -0.25) is 4.99 Å². The number of nitrogens with one attached hydrogen (secondary N) is 2. The Labute approximate surface area is 188 Å². The number of rotatable bonds is 10. The molecular formula is C22H38IN3O2. The summed E-state index contributed by atoms with van der Waals surface area (Å²) in [5, 5.41) is 7.02. The second kappa shape index (κ2) is 12.5. The molecule has 1 atom stereocenters. The maximum absolute atomic E-state index is 5.76. The lowest BCUT2D eigenvalue weighted by atomic mass is 9.67. The summed E-state index contributed by atoms with van der Waals surface area (Å²) in [7, 11) is 3.61. The first-order valence-corrected chi connectivity index (χ1v) is 10.2. The van der Waals surface area contributed by atoms with Crippen LogP contribution < -0.4 is 15.4 Å². The van der Waals surface area contributed by atoms with Crippen molar-refractivity contribution in [2.75, 3.05) is 33.9 Å². The summed E-state index contributed by atoms with van der Waals surface area (Å²) in [6.45, 7) is 8.99. The molecule has 0 radical (unpaired) electrons. The van der Waals surface area contributed by atoms with E-state index in [2.05, 4.69) is 48.5 Å². The molecule has 1 aromatic carbocycles. The lowest BCUT2D eigenvalue weighted by Gasteiger charge is -2.42. The molecule has 2 N–H and O–H groups in total. The molecule has 2 rings (SSSR count). The van der Waals surface area contributed by atoms with Crippen LogP contribution in [0.4, 0.5) is 0 Å². The molecule has 1 aliphatic carbocycles. The van der Waals surface area contributed by atoms with Crippen molar-refractivity contribution in [2.24, 2.45) is 16.3 Å². The number of guanidine groups is 1. The molecule has 1 fully saturated rings. The summed E-state index contributed by atoms with van der Waals surface area (Å²) in [5.74, 6) is 2.31. The number of ether oxygens (including phenoxy) is 2. The molecule has 160 valence electrons. The lowest BCUT2D eigenvalue weighted by molar-refractivity contribution is 0.0732. The molecule has 5 nitrogen and oxygen atoms in total. The van der Waals surface area contributed by atoms with Gasteiger partial charge in [-0.25, -0.2) is 0 Å². The van der Waals surface area contributed by atoms with Gasteiger partial charge in [0.1, 0.15) is 5.75 Å². The number of hydrogen-bond donors (Lipinski definition) is 2. The third-order valence-electron chi connectivity index (χ3n) is 5.42. The van der Waals surface area contributed by atoms with Gasteiger partial charge in [0, 0.05) is 27.3 Å². The highest BCUT2D eigenvalue weighted by Gasteiger charge is 2.36. The second-order valence-corrected chi connectivity index (χ2v) is 8.16. The van der Waals surface area contributed by atoms with Gasteiger partial charge < -0.3 is 20.1 Å². The summed E-state index contributed by atoms with van der Waals surface area (Å²) in [6, 6.07) is 8.49.